The Morgan fingerprint density at radius 3 is 0.810 bits per heavy atom. The largest absolute Gasteiger partial charge is 0.463 e. The van der Waals surface area contributed by atoms with Crippen molar-refractivity contribution in [3.63, 3.8) is 0 Å². The molecular formula is C105H118Cl6N2O34. The second kappa shape index (κ2) is 57.4. The third kappa shape index (κ3) is 35.9. The predicted octanol–water partition coefficient (Wildman–Crippen LogP) is 14.2. The SMILES string of the molecule is CO[C@H]1O[C@H](CO[C@H]2O[C@H](COCc3ccccc3)[C@@H](OCc3ccccc3)[C@H](OCc3ccccc3)[C@@H]2O[C@@H]2O[C@H](COC(C)=O)[C@@H](OC(C)=O)[C@H](OC(C)=O)[C@H]2NC(=O)OCC(Cl)(Cl)Cl)[C@@H](OCc2ccccc2)[C@H](O[C@H]2O[C@H](COCc3ccccc3)[C@@H](OCc3ccccc3)[C@H](OCc3ccccc3)[C@@H]2O[C@@H]2O[C@H](COC(C)=O)[C@@H](OC(C)=O)[C@H](OC(C)=O)[C@H]2NC(=O)OCC(Cl)(Cl)Cl)[C@@H]1OCc1ccccc1. The van der Waals surface area contributed by atoms with Gasteiger partial charge in [-0.3, -0.25) is 28.8 Å². The first kappa shape index (κ1) is 114. The Hall–Kier alpha value is -9.86. The summed E-state index contributed by atoms with van der Waals surface area (Å²) in [5.41, 5.74) is 5.41. The maximum atomic E-state index is 14.7. The highest BCUT2D eigenvalue weighted by Crippen LogP contribution is 2.43. The van der Waals surface area contributed by atoms with E-state index in [1.165, 1.54) is 7.11 Å². The van der Waals surface area contributed by atoms with Gasteiger partial charge < -0.3 is 134 Å². The molecule has 0 bridgehead atoms. The quantitative estimate of drug-likeness (QED) is 0.0203. The number of carbonyl (C=O) groups is 8. The van der Waals surface area contributed by atoms with Gasteiger partial charge in [0.15, 0.2) is 55.9 Å². The molecule has 5 heterocycles. The van der Waals surface area contributed by atoms with Gasteiger partial charge in [0.1, 0.15) is 124 Å². The average molecular weight is 2160 g/mol. The van der Waals surface area contributed by atoms with Gasteiger partial charge in [-0.15, -0.1) is 0 Å². The second-order valence-electron chi connectivity index (χ2n) is 34.8. The van der Waals surface area contributed by atoms with Crippen LogP contribution in [0.4, 0.5) is 9.59 Å². The number of hydrogen-bond acceptors (Lipinski definition) is 34. The third-order valence-corrected chi connectivity index (χ3v) is 24.2. The minimum atomic E-state index is -2.21. The molecule has 8 aromatic carbocycles. The minimum Gasteiger partial charge on any atom is -0.463 e. The lowest BCUT2D eigenvalue weighted by Gasteiger charge is -2.52. The zero-order valence-electron chi connectivity index (χ0n) is 81.3. The Bertz CT molecular complexity index is 5370. The van der Waals surface area contributed by atoms with Crippen molar-refractivity contribution < 1.29 is 162 Å². The molecule has 0 saturated carbocycles. The molecule has 5 saturated heterocycles. The summed E-state index contributed by atoms with van der Waals surface area (Å²) in [6.07, 6.45) is -40.6. The lowest BCUT2D eigenvalue weighted by atomic mass is 9.94. The number of hydrogen-bond donors (Lipinski definition) is 2. The molecule has 0 aliphatic carbocycles. The molecule has 42 heteroatoms. The van der Waals surface area contributed by atoms with Crippen LogP contribution in [0, 0.1) is 0 Å². The number of ether oxygens (including phenoxy) is 26. The summed E-state index contributed by atoms with van der Waals surface area (Å²) in [5, 5.41) is 5.30. The number of halogens is 6. The molecule has 8 aromatic rings. The molecule has 147 heavy (non-hydrogen) atoms. The molecule has 5 aliphatic rings. The summed E-state index contributed by atoms with van der Waals surface area (Å²) in [7, 11) is 1.36. The van der Waals surface area contributed by atoms with Crippen molar-refractivity contribution in [2.24, 2.45) is 0 Å². The maximum absolute atomic E-state index is 14.7. The Morgan fingerprint density at radius 1 is 0.252 bits per heavy atom. The zero-order chi connectivity index (χ0) is 104. The first-order valence-electron chi connectivity index (χ1n) is 47.3. The van der Waals surface area contributed by atoms with Gasteiger partial charge in [-0.05, 0) is 44.5 Å². The molecule has 5 fully saturated rings. The van der Waals surface area contributed by atoms with E-state index in [-0.39, 0.29) is 66.1 Å². The topological polar surface area (TPSA) is 401 Å². The number of amides is 2. The highest BCUT2D eigenvalue weighted by atomic mass is 35.6. The van der Waals surface area contributed by atoms with Crippen molar-refractivity contribution in [3.05, 3.63) is 287 Å². The van der Waals surface area contributed by atoms with Crippen LogP contribution in [0.25, 0.3) is 0 Å². The van der Waals surface area contributed by atoms with Gasteiger partial charge in [-0.2, -0.15) is 0 Å². The summed E-state index contributed by atoms with van der Waals surface area (Å²) in [5.74, 6) is -5.53. The number of carbonyl (C=O) groups excluding carboxylic acids is 8. The van der Waals surface area contributed by atoms with Crippen molar-refractivity contribution in [2.75, 3.05) is 53.4 Å². The van der Waals surface area contributed by atoms with Crippen molar-refractivity contribution in [1.29, 1.82) is 0 Å². The van der Waals surface area contributed by atoms with Crippen LogP contribution in [0.5, 0.6) is 0 Å². The molecule has 13 rings (SSSR count). The molecular weight excluding hydrogens is 2050 g/mol. The Labute approximate surface area is 880 Å². The fourth-order valence-electron chi connectivity index (χ4n) is 17.1. The van der Waals surface area contributed by atoms with Crippen LogP contribution >= 0.6 is 69.6 Å². The summed E-state index contributed by atoms with van der Waals surface area (Å²) in [6.45, 7) is 0.978. The van der Waals surface area contributed by atoms with Crippen LogP contribution in [-0.2, 0) is 205 Å². The molecule has 0 aromatic heterocycles. The number of benzene rings is 8. The Morgan fingerprint density at radius 2 is 0.503 bits per heavy atom. The molecule has 0 spiro atoms. The van der Waals surface area contributed by atoms with Crippen molar-refractivity contribution >= 4 is 118 Å². The average Bonchev–Trinajstić information content (AvgIpc) is 0.757. The van der Waals surface area contributed by atoms with Gasteiger partial charge in [-0.1, -0.05) is 312 Å². The second-order valence-corrected chi connectivity index (χ2v) is 39.8. The van der Waals surface area contributed by atoms with Crippen LogP contribution < -0.4 is 10.6 Å². The first-order valence-corrected chi connectivity index (χ1v) is 49.6. The molecule has 0 unspecified atom stereocenters. The lowest BCUT2D eigenvalue weighted by molar-refractivity contribution is -0.397. The number of alkyl carbamates (subject to hydrolysis) is 2. The van der Waals surface area contributed by atoms with Crippen LogP contribution in [0.15, 0.2) is 243 Å². The van der Waals surface area contributed by atoms with Crippen LogP contribution in [0.2, 0.25) is 0 Å². The third-order valence-electron chi connectivity index (χ3n) is 23.5. The fraction of sp³-hybridized carbons (Fsp3) is 0.467. The Kier molecular flexibility index (Phi) is 44.6. The van der Waals surface area contributed by atoms with E-state index in [0.29, 0.717) is 33.4 Å². The maximum Gasteiger partial charge on any atom is 0.407 e. The monoisotopic (exact) mass is 2160 g/mol. The standard InChI is InChI=1S/C105H118Cl6N2O34/c1-63(114)125-58-80-87(136-65(3)116)89(138-67(5)118)82(112-102(120)134-61-104(106,107)108)97(140-80)146-95-91(130-53-74-42-26-13-27-43-74)84(127-50-71-36-20-10-21-37-71)77(56-123-48-69-32-16-8-17-33-69)143-100(95)133-60-79-86(129-52-73-40-24-12-25-41-73)93(94(99(122-7)142-79)132-55-76-46-30-15-31-47-76)145-101-96(147-98-83(113-103(121)135-62-105(109,110)111)90(139-68(6)119)88(137-66(4)117)81(141-98)59-126-64(2)115)92(131-54-75-44-28-14-29-45-75)85(128-51-72-38-22-11-23-39-72)78(144-101)57-124-49-70-34-18-9-19-35-70/h8-47,77-101H,48-62H2,1-7H3,(H,112,120)(H,113,121)/t77-,78-,79-,80-,81-,82-,83-,84-,85-,86-,87-,88-,89-,90-,91+,92+,93+,94+,95+,96+,97+,98+,99+,100+,101-/m1/s1. The minimum absolute atomic E-state index is 0.0120. The normalized spacial score (nSPS) is 27.2. The number of alkyl halides is 6. The van der Waals surface area contributed by atoms with Crippen molar-refractivity contribution in [1.82, 2.24) is 10.6 Å². The summed E-state index contributed by atoms with van der Waals surface area (Å²) >= 11 is 37.3. The highest BCUT2D eigenvalue weighted by Gasteiger charge is 2.61. The molecule has 36 nitrogen and oxygen atoms in total. The van der Waals surface area contributed by atoms with Gasteiger partial charge in [0, 0.05) is 48.7 Å². The Balaban J connectivity index is 1.01. The lowest BCUT2D eigenvalue weighted by Crippen LogP contribution is -2.70. The van der Waals surface area contributed by atoms with E-state index in [4.69, 9.17) is 193 Å². The van der Waals surface area contributed by atoms with Crippen molar-refractivity contribution in [2.45, 2.75) is 255 Å². The number of nitrogens with one attached hydrogen (secondary N) is 2. The van der Waals surface area contributed by atoms with E-state index < -0.39 is 242 Å². The number of esters is 6. The fourth-order valence-corrected chi connectivity index (χ4v) is 17.4. The molecule has 2 N–H and O–H groups in total. The van der Waals surface area contributed by atoms with Crippen molar-refractivity contribution in [3.8, 4) is 0 Å². The van der Waals surface area contributed by atoms with Gasteiger partial charge >= 0.3 is 48.0 Å². The van der Waals surface area contributed by atoms with Gasteiger partial charge in [0.05, 0.1) is 72.7 Å². The first-order chi connectivity index (χ1) is 70.8. The van der Waals surface area contributed by atoms with Crippen LogP contribution in [-0.4, -0.2) is 262 Å². The van der Waals surface area contributed by atoms with Crippen LogP contribution in [0.1, 0.15) is 86.1 Å². The van der Waals surface area contributed by atoms with Gasteiger partial charge in [0.2, 0.25) is 7.59 Å². The van der Waals surface area contributed by atoms with Crippen LogP contribution in [0.3, 0.4) is 0 Å². The molecule has 794 valence electrons. The zero-order valence-corrected chi connectivity index (χ0v) is 85.8. The predicted molar refractivity (Wildman–Crippen MR) is 526 cm³/mol. The van der Waals surface area contributed by atoms with E-state index in [2.05, 4.69) is 10.6 Å². The highest BCUT2D eigenvalue weighted by molar-refractivity contribution is 6.68. The summed E-state index contributed by atoms with van der Waals surface area (Å²) in [6, 6.07) is 69.5. The number of methoxy groups -OCH3 is 1. The van der Waals surface area contributed by atoms with E-state index in [1.807, 2.05) is 206 Å². The smallest absolute Gasteiger partial charge is 0.407 e. The van der Waals surface area contributed by atoms with E-state index >= 15 is 0 Å². The van der Waals surface area contributed by atoms with Gasteiger partial charge in [0.25, 0.3) is 0 Å². The molecule has 25 atom stereocenters. The summed E-state index contributed by atoms with van der Waals surface area (Å²) < 4.78 is 172. The molecule has 0 radical (unpaired) electrons. The van der Waals surface area contributed by atoms with E-state index in [9.17, 15) is 38.4 Å². The molecule has 2 amide bonds. The van der Waals surface area contributed by atoms with E-state index in [1.54, 1.807) is 36.4 Å². The summed E-state index contributed by atoms with van der Waals surface area (Å²) in [4.78, 5) is 110. The van der Waals surface area contributed by atoms with Gasteiger partial charge in [-0.25, -0.2) is 9.59 Å². The van der Waals surface area contributed by atoms with E-state index in [0.717, 1.165) is 52.7 Å². The molecule has 5 aliphatic heterocycles. The number of rotatable bonds is 48.